The highest BCUT2D eigenvalue weighted by atomic mass is 32.2. The summed E-state index contributed by atoms with van der Waals surface area (Å²) in [4.78, 5) is 34.4. The molecule has 0 saturated heterocycles. The first-order chi connectivity index (χ1) is 12.0. The van der Waals surface area contributed by atoms with E-state index in [0.29, 0.717) is 22.7 Å². The number of fused-ring (bicyclic) bond motifs is 2. The minimum absolute atomic E-state index is 0.0366. The number of carbonyl (C=O) groups is 1. The van der Waals surface area contributed by atoms with Gasteiger partial charge in [0.2, 0.25) is 5.91 Å². The SMILES string of the molecule is Cc1cc2nc(SCC(=O)N3CCc4ccccc43)n(C)c(=O)c2[nH]1. The number of aromatic amines is 1. The third-order valence-corrected chi connectivity index (χ3v) is 5.48. The molecule has 1 aliphatic rings. The van der Waals surface area contributed by atoms with E-state index in [2.05, 4.69) is 16.0 Å². The van der Waals surface area contributed by atoms with Crippen molar-refractivity contribution in [1.29, 1.82) is 0 Å². The van der Waals surface area contributed by atoms with Crippen LogP contribution in [-0.4, -0.2) is 32.7 Å². The van der Waals surface area contributed by atoms with Crippen molar-refractivity contribution in [1.82, 2.24) is 14.5 Å². The average Bonchev–Trinajstić information content (AvgIpc) is 3.19. The van der Waals surface area contributed by atoms with Crippen molar-refractivity contribution in [3.63, 3.8) is 0 Å². The minimum atomic E-state index is -0.125. The van der Waals surface area contributed by atoms with Crippen LogP contribution in [0.15, 0.2) is 40.3 Å². The molecule has 0 bridgehead atoms. The molecule has 0 aliphatic carbocycles. The Hall–Kier alpha value is -2.54. The summed E-state index contributed by atoms with van der Waals surface area (Å²) >= 11 is 1.30. The highest BCUT2D eigenvalue weighted by Crippen LogP contribution is 2.28. The van der Waals surface area contributed by atoms with Crippen LogP contribution in [0.25, 0.3) is 11.0 Å². The van der Waals surface area contributed by atoms with Gasteiger partial charge in [0.1, 0.15) is 5.52 Å². The fourth-order valence-electron chi connectivity index (χ4n) is 3.19. The summed E-state index contributed by atoms with van der Waals surface area (Å²) in [6.45, 7) is 2.60. The van der Waals surface area contributed by atoms with Gasteiger partial charge in [-0.3, -0.25) is 14.2 Å². The highest BCUT2D eigenvalue weighted by molar-refractivity contribution is 7.99. The topological polar surface area (TPSA) is 71.0 Å². The molecule has 6 nitrogen and oxygen atoms in total. The van der Waals surface area contributed by atoms with Gasteiger partial charge in [0.25, 0.3) is 5.56 Å². The molecule has 0 fully saturated rings. The van der Waals surface area contributed by atoms with Gasteiger partial charge >= 0.3 is 0 Å². The van der Waals surface area contributed by atoms with Crippen LogP contribution in [0.4, 0.5) is 5.69 Å². The number of H-pyrrole nitrogens is 1. The van der Waals surface area contributed by atoms with Gasteiger partial charge in [-0.2, -0.15) is 0 Å². The van der Waals surface area contributed by atoms with E-state index in [0.717, 1.165) is 17.8 Å². The van der Waals surface area contributed by atoms with Crippen molar-refractivity contribution in [2.24, 2.45) is 7.05 Å². The Morgan fingerprint density at radius 3 is 3.00 bits per heavy atom. The predicted molar refractivity (Wildman–Crippen MR) is 99.3 cm³/mol. The first-order valence-electron chi connectivity index (χ1n) is 8.12. The molecular formula is C18H18N4O2S. The second-order valence-electron chi connectivity index (χ2n) is 6.18. The third kappa shape index (κ3) is 2.74. The number of aryl methyl sites for hydroxylation is 1. The Balaban J connectivity index is 1.56. The number of amides is 1. The van der Waals surface area contributed by atoms with E-state index >= 15 is 0 Å². The number of hydrogen-bond acceptors (Lipinski definition) is 4. The van der Waals surface area contributed by atoms with Crippen molar-refractivity contribution >= 4 is 34.4 Å². The van der Waals surface area contributed by atoms with Crippen LogP contribution in [0.5, 0.6) is 0 Å². The second kappa shape index (κ2) is 6.07. The van der Waals surface area contributed by atoms with Gasteiger partial charge in [-0.05, 0) is 31.0 Å². The van der Waals surface area contributed by atoms with E-state index < -0.39 is 0 Å². The van der Waals surface area contributed by atoms with E-state index in [1.165, 1.54) is 21.9 Å². The Morgan fingerprint density at radius 1 is 1.36 bits per heavy atom. The summed E-state index contributed by atoms with van der Waals surface area (Å²) in [5, 5.41) is 0.553. The van der Waals surface area contributed by atoms with Gasteiger partial charge < -0.3 is 9.88 Å². The van der Waals surface area contributed by atoms with Gasteiger partial charge in [0.05, 0.1) is 11.3 Å². The number of nitrogens with one attached hydrogen (secondary N) is 1. The van der Waals surface area contributed by atoms with Crippen molar-refractivity contribution in [3.05, 3.63) is 51.9 Å². The average molecular weight is 354 g/mol. The zero-order valence-electron chi connectivity index (χ0n) is 14.1. The fourth-order valence-corrected chi connectivity index (χ4v) is 4.04. The summed E-state index contributed by atoms with van der Waals surface area (Å²) < 4.78 is 1.49. The summed E-state index contributed by atoms with van der Waals surface area (Å²) in [5.74, 6) is 0.290. The molecule has 128 valence electrons. The molecule has 1 aliphatic heterocycles. The molecule has 0 atom stereocenters. The fraction of sp³-hybridized carbons (Fsp3) is 0.278. The smallest absolute Gasteiger partial charge is 0.278 e. The number of anilines is 1. The summed E-state index contributed by atoms with van der Waals surface area (Å²) in [6.07, 6.45) is 0.887. The highest BCUT2D eigenvalue weighted by Gasteiger charge is 2.24. The van der Waals surface area contributed by atoms with Crippen LogP contribution < -0.4 is 10.5 Å². The van der Waals surface area contributed by atoms with Crippen molar-refractivity contribution in [2.45, 2.75) is 18.5 Å². The molecule has 25 heavy (non-hydrogen) atoms. The third-order valence-electron chi connectivity index (χ3n) is 4.47. The zero-order chi connectivity index (χ0) is 17.6. The molecule has 1 N–H and O–H groups in total. The van der Waals surface area contributed by atoms with E-state index in [1.807, 2.05) is 36.1 Å². The van der Waals surface area contributed by atoms with Crippen molar-refractivity contribution in [3.8, 4) is 0 Å². The number of thioether (sulfide) groups is 1. The number of aromatic nitrogens is 3. The molecule has 7 heteroatoms. The van der Waals surface area contributed by atoms with Crippen LogP contribution in [-0.2, 0) is 18.3 Å². The molecule has 4 rings (SSSR count). The lowest BCUT2D eigenvalue weighted by Gasteiger charge is -2.17. The van der Waals surface area contributed by atoms with Gasteiger partial charge in [-0.25, -0.2) is 4.98 Å². The van der Waals surface area contributed by atoms with E-state index in [1.54, 1.807) is 7.05 Å². The van der Waals surface area contributed by atoms with E-state index in [-0.39, 0.29) is 17.2 Å². The molecule has 0 spiro atoms. The van der Waals surface area contributed by atoms with Crippen molar-refractivity contribution < 1.29 is 4.79 Å². The van der Waals surface area contributed by atoms with Gasteiger partial charge in [-0.1, -0.05) is 30.0 Å². The molecule has 1 amide bonds. The summed E-state index contributed by atoms with van der Waals surface area (Å²) in [7, 11) is 1.68. The monoisotopic (exact) mass is 354 g/mol. The lowest BCUT2D eigenvalue weighted by Crippen LogP contribution is -2.31. The lowest BCUT2D eigenvalue weighted by molar-refractivity contribution is -0.116. The van der Waals surface area contributed by atoms with Crippen LogP contribution in [0.3, 0.4) is 0 Å². The molecule has 0 saturated carbocycles. The zero-order valence-corrected chi connectivity index (χ0v) is 14.9. The Morgan fingerprint density at radius 2 is 2.16 bits per heavy atom. The first kappa shape index (κ1) is 16.0. The first-order valence-corrected chi connectivity index (χ1v) is 9.10. The van der Waals surface area contributed by atoms with Gasteiger partial charge in [-0.15, -0.1) is 0 Å². The molecule has 1 aromatic carbocycles. The maximum absolute atomic E-state index is 12.6. The molecular weight excluding hydrogens is 336 g/mol. The quantitative estimate of drug-likeness (QED) is 0.578. The number of carbonyl (C=O) groups excluding carboxylic acids is 1. The van der Waals surface area contributed by atoms with E-state index in [4.69, 9.17) is 0 Å². The minimum Gasteiger partial charge on any atom is -0.353 e. The molecule has 0 unspecified atom stereocenters. The molecule has 3 aromatic rings. The Bertz CT molecular complexity index is 1040. The number of benzene rings is 1. The number of rotatable bonds is 3. The standard InChI is InChI=1S/C18H18N4O2S/c1-11-9-13-16(19-11)17(24)21(2)18(20-13)25-10-15(23)22-8-7-12-5-3-4-6-14(12)22/h3-6,9,19H,7-8,10H2,1-2H3. The van der Waals surface area contributed by atoms with Gasteiger partial charge in [0.15, 0.2) is 5.16 Å². The van der Waals surface area contributed by atoms with Crippen LogP contribution in [0.1, 0.15) is 11.3 Å². The second-order valence-corrected chi connectivity index (χ2v) is 7.13. The summed E-state index contributed by atoms with van der Waals surface area (Å²) in [6, 6.07) is 9.83. The largest absolute Gasteiger partial charge is 0.353 e. The lowest BCUT2D eigenvalue weighted by atomic mass is 10.2. The number of hydrogen-bond donors (Lipinski definition) is 1. The van der Waals surface area contributed by atoms with Gasteiger partial charge in [0, 0.05) is 25.0 Å². The predicted octanol–water partition coefficient (Wildman–Crippen LogP) is 2.25. The maximum Gasteiger partial charge on any atom is 0.278 e. The Kier molecular flexibility index (Phi) is 3.88. The maximum atomic E-state index is 12.6. The van der Waals surface area contributed by atoms with Crippen LogP contribution >= 0.6 is 11.8 Å². The summed E-state index contributed by atoms with van der Waals surface area (Å²) in [5.41, 5.74) is 4.11. The number of para-hydroxylation sites is 1. The van der Waals surface area contributed by atoms with Crippen molar-refractivity contribution in [2.75, 3.05) is 17.2 Å². The molecule has 2 aromatic heterocycles. The normalized spacial score (nSPS) is 13.4. The molecule has 0 radical (unpaired) electrons. The number of nitrogens with zero attached hydrogens (tertiary/aromatic N) is 3. The van der Waals surface area contributed by atoms with Crippen LogP contribution in [0, 0.1) is 6.92 Å². The Labute approximate surface area is 148 Å². The molecule has 3 heterocycles. The van der Waals surface area contributed by atoms with E-state index in [9.17, 15) is 9.59 Å². The van der Waals surface area contributed by atoms with Crippen LogP contribution in [0.2, 0.25) is 0 Å².